The zero-order valence-corrected chi connectivity index (χ0v) is 34.0. The highest BCUT2D eigenvalue weighted by Crippen LogP contribution is 2.43. The SMILES string of the molecule is CC1C/C=C(\c2ccccc2)N=C(n2c3ccccc3c3ccccc32)N=C1c1c(-n2c3cc4ccccc4cc3c3cc4ccccc4cc32)ccc2oc3ccccc3c12. The molecule has 1 aliphatic heterocycles. The molecule has 0 N–H and O–H groups in total. The second kappa shape index (κ2) is 13.5. The van der Waals surface area contributed by atoms with E-state index >= 15 is 0 Å². The highest BCUT2D eigenvalue weighted by Gasteiger charge is 2.28. The van der Waals surface area contributed by atoms with Gasteiger partial charge in [-0.05, 0) is 88.1 Å². The summed E-state index contributed by atoms with van der Waals surface area (Å²) in [5, 5.41) is 11.7. The van der Waals surface area contributed by atoms with Crippen molar-refractivity contribution in [3.63, 3.8) is 0 Å². The number of aromatic nitrogens is 2. The molecule has 5 heteroatoms. The van der Waals surface area contributed by atoms with E-state index in [1.54, 1.807) is 0 Å². The molecule has 1 unspecified atom stereocenters. The second-order valence-electron chi connectivity index (χ2n) is 16.6. The van der Waals surface area contributed by atoms with Crippen LogP contribution in [0, 0.1) is 5.92 Å². The van der Waals surface area contributed by atoms with Crippen LogP contribution in [-0.2, 0) is 0 Å². The van der Waals surface area contributed by atoms with Crippen molar-refractivity contribution >= 4 is 104 Å². The summed E-state index contributed by atoms with van der Waals surface area (Å²) >= 11 is 0. The molecule has 0 aliphatic carbocycles. The first-order valence-electron chi connectivity index (χ1n) is 21.4. The zero-order valence-electron chi connectivity index (χ0n) is 34.0. The summed E-state index contributed by atoms with van der Waals surface area (Å²) in [6.07, 6.45) is 3.04. The standard InChI is InChI=1S/C57H38N4O/c1-35-27-28-46(36-15-3-2-4-16-36)58-57(61-47-24-12-9-21-41(47)42-22-10-13-25-48(42)61)59-56(35)55-49(29-30-53-54(55)43-23-11-14-26-52(43)62-53)60-50-33-39-19-7-5-17-37(39)31-44(50)45-32-38-18-6-8-20-40(38)34-51(45)60/h2-26,28-35H,27H2,1H3/b46-28+,58-57?,59-56?. The Balaban J connectivity index is 1.19. The normalized spacial score (nSPS) is 15.8. The third-order valence-electron chi connectivity index (χ3n) is 12.9. The van der Waals surface area contributed by atoms with Gasteiger partial charge in [0.25, 0.3) is 0 Å². The Bertz CT molecular complexity index is 3770. The van der Waals surface area contributed by atoms with Gasteiger partial charge in [-0.15, -0.1) is 0 Å². The number of allylic oxidation sites excluding steroid dienone is 1. The highest BCUT2D eigenvalue weighted by molar-refractivity contribution is 6.26. The molecule has 0 fully saturated rings. The third kappa shape index (κ3) is 5.21. The Labute approximate surface area is 356 Å². The third-order valence-corrected chi connectivity index (χ3v) is 12.9. The molecule has 5 nitrogen and oxygen atoms in total. The topological polar surface area (TPSA) is 47.7 Å². The van der Waals surface area contributed by atoms with Crippen molar-refractivity contribution < 1.29 is 4.42 Å². The number of para-hydroxylation sites is 3. The quantitative estimate of drug-likeness (QED) is 0.176. The summed E-state index contributed by atoms with van der Waals surface area (Å²) in [4.78, 5) is 11.5. The van der Waals surface area contributed by atoms with Crippen LogP contribution >= 0.6 is 0 Å². The monoisotopic (exact) mass is 794 g/mol. The minimum Gasteiger partial charge on any atom is -0.456 e. The fourth-order valence-corrected chi connectivity index (χ4v) is 10.0. The van der Waals surface area contributed by atoms with Crippen LogP contribution in [0.5, 0.6) is 0 Å². The first-order valence-corrected chi connectivity index (χ1v) is 21.4. The smallest absolute Gasteiger partial charge is 0.235 e. The second-order valence-corrected chi connectivity index (χ2v) is 16.6. The van der Waals surface area contributed by atoms with E-state index in [1.165, 1.54) is 32.3 Å². The first kappa shape index (κ1) is 34.8. The Hall–Kier alpha value is -8.02. The van der Waals surface area contributed by atoms with E-state index in [0.29, 0.717) is 5.96 Å². The number of nitrogens with zero attached hydrogens (tertiary/aromatic N) is 4. The highest BCUT2D eigenvalue weighted by atomic mass is 16.3. The molecule has 0 saturated carbocycles. The molecule has 0 radical (unpaired) electrons. The van der Waals surface area contributed by atoms with Crippen LogP contribution in [0.15, 0.2) is 209 Å². The zero-order chi connectivity index (χ0) is 40.9. The van der Waals surface area contributed by atoms with E-state index in [1.807, 2.05) is 6.07 Å². The fourth-order valence-electron chi connectivity index (χ4n) is 10.0. The lowest BCUT2D eigenvalue weighted by Gasteiger charge is -2.23. The molecule has 4 heterocycles. The molecule has 3 aromatic heterocycles. The van der Waals surface area contributed by atoms with Crippen molar-refractivity contribution in [3.8, 4) is 5.69 Å². The lowest BCUT2D eigenvalue weighted by molar-refractivity contribution is 0.669. The van der Waals surface area contributed by atoms with E-state index < -0.39 is 0 Å². The molecule has 292 valence electrons. The summed E-state index contributed by atoms with van der Waals surface area (Å²) < 4.78 is 11.5. The van der Waals surface area contributed by atoms with Gasteiger partial charge in [-0.25, -0.2) is 9.98 Å². The van der Waals surface area contributed by atoms with Gasteiger partial charge in [0.05, 0.1) is 39.2 Å². The summed E-state index contributed by atoms with van der Waals surface area (Å²) in [6.45, 7) is 2.31. The van der Waals surface area contributed by atoms with Gasteiger partial charge < -0.3 is 8.98 Å². The van der Waals surface area contributed by atoms with Gasteiger partial charge in [0.15, 0.2) is 0 Å². The molecule has 0 amide bonds. The van der Waals surface area contributed by atoms with Crippen LogP contribution in [0.25, 0.3) is 98.5 Å². The van der Waals surface area contributed by atoms with Crippen molar-refractivity contribution in [2.45, 2.75) is 13.3 Å². The minimum absolute atomic E-state index is 0.0138. The number of benzene rings is 9. The Kier molecular flexibility index (Phi) is 7.58. The van der Waals surface area contributed by atoms with Crippen LogP contribution < -0.4 is 0 Å². The maximum atomic E-state index is 6.72. The number of hydrogen-bond donors (Lipinski definition) is 0. The van der Waals surface area contributed by atoms with E-state index in [0.717, 1.165) is 89.4 Å². The summed E-state index contributed by atoms with van der Waals surface area (Å²) in [7, 11) is 0. The predicted molar refractivity (Wildman–Crippen MR) is 260 cm³/mol. The van der Waals surface area contributed by atoms with Gasteiger partial charge in [-0.3, -0.25) is 4.57 Å². The maximum absolute atomic E-state index is 6.72. The molecule has 9 aromatic carbocycles. The number of furan rings is 1. The van der Waals surface area contributed by atoms with Gasteiger partial charge >= 0.3 is 0 Å². The number of hydrogen-bond acceptors (Lipinski definition) is 3. The van der Waals surface area contributed by atoms with E-state index in [4.69, 9.17) is 14.4 Å². The fraction of sp³-hybridized carbons (Fsp3) is 0.0526. The molecule has 1 aliphatic rings. The van der Waals surface area contributed by atoms with Gasteiger partial charge in [-0.2, -0.15) is 0 Å². The van der Waals surface area contributed by atoms with Crippen LogP contribution in [0.2, 0.25) is 0 Å². The Morgan fingerprint density at radius 1 is 0.468 bits per heavy atom. The molecule has 0 spiro atoms. The van der Waals surface area contributed by atoms with Crippen molar-refractivity contribution in [2.75, 3.05) is 0 Å². The summed E-state index contributed by atoms with van der Waals surface area (Å²) in [6, 6.07) is 67.3. The van der Waals surface area contributed by atoms with Crippen LogP contribution in [0.4, 0.5) is 0 Å². The molecular weight excluding hydrogens is 757 g/mol. The van der Waals surface area contributed by atoms with E-state index in [9.17, 15) is 0 Å². The number of aliphatic imine (C=N–C) groups is 2. The van der Waals surface area contributed by atoms with Gasteiger partial charge in [0.2, 0.25) is 5.96 Å². The van der Waals surface area contributed by atoms with Crippen molar-refractivity contribution in [1.82, 2.24) is 9.13 Å². The van der Waals surface area contributed by atoms with Crippen molar-refractivity contribution in [3.05, 3.63) is 205 Å². The lowest BCUT2D eigenvalue weighted by Crippen LogP contribution is -2.22. The van der Waals surface area contributed by atoms with Crippen molar-refractivity contribution in [2.24, 2.45) is 15.9 Å². The molecular formula is C57H38N4O. The van der Waals surface area contributed by atoms with Gasteiger partial charge in [0, 0.05) is 43.8 Å². The largest absolute Gasteiger partial charge is 0.456 e. The average Bonchev–Trinajstić information content (AvgIpc) is 3.96. The number of fused-ring (bicyclic) bond motifs is 11. The van der Waals surface area contributed by atoms with E-state index in [2.05, 4.69) is 204 Å². The minimum atomic E-state index is -0.0138. The number of rotatable bonds is 3. The van der Waals surface area contributed by atoms with Gasteiger partial charge in [0.1, 0.15) is 11.2 Å². The predicted octanol–water partition coefficient (Wildman–Crippen LogP) is 14.9. The summed E-state index contributed by atoms with van der Waals surface area (Å²) in [5.74, 6) is 0.606. The van der Waals surface area contributed by atoms with Crippen molar-refractivity contribution in [1.29, 1.82) is 0 Å². The lowest BCUT2D eigenvalue weighted by atomic mass is 9.89. The molecule has 12 aromatic rings. The molecule has 0 saturated heterocycles. The molecule has 0 bridgehead atoms. The van der Waals surface area contributed by atoms with Crippen LogP contribution in [0.1, 0.15) is 24.5 Å². The van der Waals surface area contributed by atoms with E-state index in [-0.39, 0.29) is 5.92 Å². The molecule has 62 heavy (non-hydrogen) atoms. The van der Waals surface area contributed by atoms with Crippen LogP contribution in [0.3, 0.4) is 0 Å². The Morgan fingerprint density at radius 3 is 1.66 bits per heavy atom. The Morgan fingerprint density at radius 2 is 1.02 bits per heavy atom. The molecule has 13 rings (SSSR count). The first-order chi connectivity index (χ1) is 30.7. The van der Waals surface area contributed by atoms with Crippen LogP contribution in [-0.4, -0.2) is 20.8 Å². The average molecular weight is 795 g/mol. The molecule has 1 atom stereocenters. The summed E-state index contributed by atoms with van der Waals surface area (Å²) in [5.41, 5.74) is 11.1. The maximum Gasteiger partial charge on any atom is 0.235 e. The van der Waals surface area contributed by atoms with Gasteiger partial charge in [-0.1, -0.05) is 146 Å².